The second-order valence-electron chi connectivity index (χ2n) is 6.81. The molecule has 3 aromatic rings. The standard InChI is InChI=1S/C19H19N5O5/c1-11-3-5-12(6-4-11)13(25)7-14-21-15(29-22-14)8-24-10-20-18-17(19(24)27)23(2)16(26)9-28-18/h3-6,10,13,25H,7-9H2,1-2H3/t13-/m0/s1. The second kappa shape index (κ2) is 7.47. The number of ether oxygens (including phenoxy) is 1. The van der Waals surface area contributed by atoms with Gasteiger partial charge >= 0.3 is 0 Å². The van der Waals surface area contributed by atoms with E-state index in [4.69, 9.17) is 9.26 Å². The van der Waals surface area contributed by atoms with E-state index in [-0.39, 0.29) is 42.9 Å². The van der Waals surface area contributed by atoms with Crippen LogP contribution in [0.3, 0.4) is 0 Å². The molecule has 150 valence electrons. The zero-order valence-corrected chi connectivity index (χ0v) is 15.9. The summed E-state index contributed by atoms with van der Waals surface area (Å²) in [6.45, 7) is 1.80. The minimum Gasteiger partial charge on any atom is -0.466 e. The van der Waals surface area contributed by atoms with Gasteiger partial charge in [-0.25, -0.2) is 4.98 Å². The van der Waals surface area contributed by atoms with Gasteiger partial charge in [-0.3, -0.25) is 14.2 Å². The Hall–Kier alpha value is -3.53. The molecule has 10 heteroatoms. The topological polar surface area (TPSA) is 124 Å². The normalized spacial score (nSPS) is 14.4. The van der Waals surface area contributed by atoms with Crippen LogP contribution in [0.5, 0.6) is 5.88 Å². The van der Waals surface area contributed by atoms with Crippen molar-refractivity contribution in [2.24, 2.45) is 0 Å². The third kappa shape index (κ3) is 3.74. The minimum atomic E-state index is -0.772. The highest BCUT2D eigenvalue weighted by atomic mass is 16.5. The van der Waals surface area contributed by atoms with Crippen molar-refractivity contribution in [2.75, 3.05) is 18.6 Å². The third-order valence-electron chi connectivity index (χ3n) is 4.68. The van der Waals surface area contributed by atoms with Gasteiger partial charge in [-0.1, -0.05) is 35.0 Å². The van der Waals surface area contributed by atoms with Crippen LogP contribution in [0.4, 0.5) is 5.69 Å². The maximum Gasteiger partial charge on any atom is 0.281 e. The number of benzene rings is 1. The van der Waals surface area contributed by atoms with Crippen LogP contribution in [0.25, 0.3) is 0 Å². The predicted octanol–water partition coefficient (Wildman–Crippen LogP) is 0.614. The van der Waals surface area contributed by atoms with Crippen LogP contribution in [-0.2, 0) is 17.8 Å². The number of anilines is 1. The number of amides is 1. The fraction of sp³-hybridized carbons (Fsp3) is 0.316. The lowest BCUT2D eigenvalue weighted by Gasteiger charge is -2.24. The van der Waals surface area contributed by atoms with Gasteiger partial charge in [-0.15, -0.1) is 0 Å². The lowest BCUT2D eigenvalue weighted by atomic mass is 10.0. The molecule has 1 N–H and O–H groups in total. The number of rotatable bonds is 5. The number of carbonyl (C=O) groups excluding carboxylic acids is 1. The summed E-state index contributed by atoms with van der Waals surface area (Å²) in [5.41, 5.74) is 1.47. The molecule has 1 aromatic carbocycles. The van der Waals surface area contributed by atoms with Crippen molar-refractivity contribution in [3.05, 3.63) is 63.8 Å². The first-order chi connectivity index (χ1) is 13.9. The molecule has 0 spiro atoms. The number of hydrogen-bond acceptors (Lipinski definition) is 8. The van der Waals surface area contributed by atoms with E-state index in [2.05, 4.69) is 15.1 Å². The van der Waals surface area contributed by atoms with E-state index in [0.29, 0.717) is 5.82 Å². The molecule has 0 fully saturated rings. The largest absolute Gasteiger partial charge is 0.466 e. The molecule has 0 saturated carbocycles. The molecule has 0 unspecified atom stereocenters. The zero-order valence-electron chi connectivity index (χ0n) is 15.9. The van der Waals surface area contributed by atoms with Crippen LogP contribution < -0.4 is 15.2 Å². The van der Waals surface area contributed by atoms with E-state index in [1.807, 2.05) is 31.2 Å². The Morgan fingerprint density at radius 1 is 1.24 bits per heavy atom. The van der Waals surface area contributed by atoms with Gasteiger partial charge in [0, 0.05) is 13.5 Å². The highest BCUT2D eigenvalue weighted by molar-refractivity contribution is 5.96. The van der Waals surface area contributed by atoms with Crippen LogP contribution >= 0.6 is 0 Å². The summed E-state index contributed by atoms with van der Waals surface area (Å²) in [7, 11) is 1.49. The number of hydrogen-bond donors (Lipinski definition) is 1. The molecule has 1 aliphatic rings. The van der Waals surface area contributed by atoms with Gasteiger partial charge in [0.1, 0.15) is 12.9 Å². The molecular formula is C19H19N5O5. The molecule has 0 aliphatic carbocycles. The highest BCUT2D eigenvalue weighted by Crippen LogP contribution is 2.24. The first kappa shape index (κ1) is 18.8. The predicted molar refractivity (Wildman–Crippen MR) is 101 cm³/mol. The van der Waals surface area contributed by atoms with Gasteiger partial charge in [-0.05, 0) is 12.5 Å². The van der Waals surface area contributed by atoms with Crippen molar-refractivity contribution < 1.29 is 19.2 Å². The van der Waals surface area contributed by atoms with Gasteiger partial charge in [0.2, 0.25) is 11.8 Å². The number of aliphatic hydroxyl groups excluding tert-OH is 1. The van der Waals surface area contributed by atoms with Gasteiger partial charge in [0.05, 0.1) is 6.10 Å². The molecule has 1 aliphatic heterocycles. The molecule has 29 heavy (non-hydrogen) atoms. The SMILES string of the molecule is Cc1ccc([C@@H](O)Cc2noc(Cn3cnc4c(c3=O)N(C)C(=O)CO4)n2)cc1. The Kier molecular flexibility index (Phi) is 4.85. The zero-order chi connectivity index (χ0) is 20.5. The number of aliphatic hydroxyl groups is 1. The highest BCUT2D eigenvalue weighted by Gasteiger charge is 2.27. The molecule has 1 amide bonds. The maximum atomic E-state index is 12.7. The van der Waals surface area contributed by atoms with Crippen molar-refractivity contribution in [2.45, 2.75) is 26.0 Å². The van der Waals surface area contributed by atoms with Crippen LogP contribution in [0.2, 0.25) is 0 Å². The molecule has 2 aromatic heterocycles. The Labute approximate surface area is 165 Å². The summed E-state index contributed by atoms with van der Waals surface area (Å²) >= 11 is 0. The fourth-order valence-corrected chi connectivity index (χ4v) is 2.98. The van der Waals surface area contributed by atoms with E-state index in [1.54, 1.807) is 0 Å². The van der Waals surface area contributed by atoms with Crippen LogP contribution in [0, 0.1) is 6.92 Å². The van der Waals surface area contributed by atoms with Gasteiger partial charge in [0.15, 0.2) is 18.1 Å². The van der Waals surface area contributed by atoms with Crippen molar-refractivity contribution in [3.63, 3.8) is 0 Å². The van der Waals surface area contributed by atoms with E-state index in [9.17, 15) is 14.7 Å². The molecule has 10 nitrogen and oxygen atoms in total. The van der Waals surface area contributed by atoms with Crippen LogP contribution in [0.15, 0.2) is 39.9 Å². The summed E-state index contributed by atoms with van der Waals surface area (Å²) in [6.07, 6.45) is 0.705. The Morgan fingerprint density at radius 2 is 2.00 bits per heavy atom. The lowest BCUT2D eigenvalue weighted by molar-refractivity contribution is -0.121. The smallest absolute Gasteiger partial charge is 0.281 e. The fourth-order valence-electron chi connectivity index (χ4n) is 2.98. The second-order valence-corrected chi connectivity index (χ2v) is 6.81. The summed E-state index contributed by atoms with van der Waals surface area (Å²) in [5, 5.41) is 14.2. The third-order valence-corrected chi connectivity index (χ3v) is 4.68. The van der Waals surface area contributed by atoms with Crippen molar-refractivity contribution in [1.82, 2.24) is 19.7 Å². The molecule has 0 bridgehead atoms. The van der Waals surface area contributed by atoms with E-state index in [0.717, 1.165) is 11.1 Å². The van der Waals surface area contributed by atoms with Gasteiger partial charge in [-0.2, -0.15) is 4.98 Å². The number of carbonyl (C=O) groups is 1. The molecule has 3 heterocycles. The lowest BCUT2D eigenvalue weighted by Crippen LogP contribution is -2.41. The van der Waals surface area contributed by atoms with E-state index >= 15 is 0 Å². The molecule has 4 rings (SSSR count). The van der Waals surface area contributed by atoms with Crippen LogP contribution in [-0.4, -0.2) is 44.4 Å². The number of nitrogens with zero attached hydrogens (tertiary/aromatic N) is 5. The monoisotopic (exact) mass is 397 g/mol. The first-order valence-corrected chi connectivity index (χ1v) is 8.97. The van der Waals surface area contributed by atoms with Crippen molar-refractivity contribution in [3.8, 4) is 5.88 Å². The number of aryl methyl sites for hydroxylation is 1. The van der Waals surface area contributed by atoms with Gasteiger partial charge in [0.25, 0.3) is 11.5 Å². The molecule has 0 radical (unpaired) electrons. The molecule has 1 atom stereocenters. The van der Waals surface area contributed by atoms with E-state index in [1.165, 1.54) is 22.8 Å². The average Bonchev–Trinajstić information content (AvgIpc) is 3.14. The maximum absolute atomic E-state index is 12.7. The van der Waals surface area contributed by atoms with Crippen molar-refractivity contribution in [1.29, 1.82) is 0 Å². The van der Waals surface area contributed by atoms with Crippen molar-refractivity contribution >= 4 is 11.6 Å². The number of fused-ring (bicyclic) bond motifs is 1. The van der Waals surface area contributed by atoms with Gasteiger partial charge < -0.3 is 19.3 Å². The molecular weight excluding hydrogens is 378 g/mol. The molecule has 0 saturated heterocycles. The first-order valence-electron chi connectivity index (χ1n) is 8.97. The Morgan fingerprint density at radius 3 is 2.76 bits per heavy atom. The summed E-state index contributed by atoms with van der Waals surface area (Å²) in [6, 6.07) is 7.53. The summed E-state index contributed by atoms with van der Waals surface area (Å²) < 4.78 is 11.6. The average molecular weight is 397 g/mol. The minimum absolute atomic E-state index is 0.0191. The Bertz CT molecular complexity index is 1100. The summed E-state index contributed by atoms with van der Waals surface area (Å²) in [4.78, 5) is 34.0. The number of likely N-dealkylation sites (N-methyl/N-ethyl adjacent to an activating group) is 1. The quantitative estimate of drug-likeness (QED) is 0.664. The number of aromatic nitrogens is 4. The van der Waals surface area contributed by atoms with Crippen LogP contribution in [0.1, 0.15) is 28.9 Å². The Balaban J connectivity index is 1.50. The van der Waals surface area contributed by atoms with E-state index < -0.39 is 11.7 Å². The summed E-state index contributed by atoms with van der Waals surface area (Å²) in [5.74, 6) is 0.286.